The van der Waals surface area contributed by atoms with Crippen LogP contribution in [0.5, 0.6) is 5.75 Å². The molecule has 38 heavy (non-hydrogen) atoms. The van der Waals surface area contributed by atoms with Crippen LogP contribution in [0.1, 0.15) is 38.1 Å². The summed E-state index contributed by atoms with van der Waals surface area (Å²) in [4.78, 5) is 36.8. The summed E-state index contributed by atoms with van der Waals surface area (Å²) in [6.07, 6.45) is 1.75. The number of aromatic nitrogens is 1. The molecule has 0 spiro atoms. The van der Waals surface area contributed by atoms with E-state index in [1.54, 1.807) is 22.7 Å². The summed E-state index contributed by atoms with van der Waals surface area (Å²) >= 11 is 1.29. The van der Waals surface area contributed by atoms with Crippen LogP contribution in [-0.4, -0.2) is 61.9 Å². The standard InChI is InChI=1S/C28H32N4O5S/c1-5-30(6-2)27(34)24-18(3)29-28-32(25(24)20-9-7-8-10-21(20)35-4)26(33)22(38-28)17-19-11-12-23(37-19)31-13-15-36-16-14-31/h7-12,17,25H,5-6,13-16H2,1-4H3/b22-17+/t25-/m1/s1. The first-order valence-electron chi connectivity index (χ1n) is 12.8. The Morgan fingerprint density at radius 3 is 2.63 bits per heavy atom. The van der Waals surface area contributed by atoms with Crippen LogP contribution < -0.4 is 24.5 Å². The quantitative estimate of drug-likeness (QED) is 0.461. The van der Waals surface area contributed by atoms with E-state index < -0.39 is 6.04 Å². The summed E-state index contributed by atoms with van der Waals surface area (Å²) in [5.74, 6) is 1.80. The minimum atomic E-state index is -0.668. The highest BCUT2D eigenvalue weighted by molar-refractivity contribution is 7.07. The topological polar surface area (TPSA) is 89.5 Å². The molecule has 200 valence electrons. The average Bonchev–Trinajstić information content (AvgIpc) is 3.53. The molecule has 1 aromatic carbocycles. The molecule has 0 radical (unpaired) electrons. The van der Waals surface area contributed by atoms with Crippen LogP contribution in [0.15, 0.2) is 61.9 Å². The lowest BCUT2D eigenvalue weighted by Crippen LogP contribution is -2.43. The lowest BCUT2D eigenvalue weighted by atomic mass is 9.94. The number of thiazole rings is 1. The molecule has 4 heterocycles. The minimum Gasteiger partial charge on any atom is -0.496 e. The van der Waals surface area contributed by atoms with E-state index in [0.717, 1.165) is 24.5 Å². The third-order valence-electron chi connectivity index (χ3n) is 6.94. The fourth-order valence-electron chi connectivity index (χ4n) is 4.97. The molecule has 0 saturated carbocycles. The number of anilines is 1. The number of carbonyl (C=O) groups is 1. The number of likely N-dealkylation sites (N-methyl/N-ethyl adjacent to an activating group) is 1. The van der Waals surface area contributed by atoms with E-state index in [9.17, 15) is 9.59 Å². The zero-order chi connectivity index (χ0) is 26.8. The van der Waals surface area contributed by atoms with Crippen molar-refractivity contribution in [1.29, 1.82) is 0 Å². The number of rotatable bonds is 7. The average molecular weight is 537 g/mol. The van der Waals surface area contributed by atoms with E-state index in [1.807, 2.05) is 57.2 Å². The van der Waals surface area contributed by atoms with E-state index in [0.29, 0.717) is 58.4 Å². The van der Waals surface area contributed by atoms with Crippen molar-refractivity contribution in [1.82, 2.24) is 9.47 Å². The molecule has 2 aromatic heterocycles. The number of allylic oxidation sites excluding steroid dienone is 1. The first-order valence-corrected chi connectivity index (χ1v) is 13.7. The predicted octanol–water partition coefficient (Wildman–Crippen LogP) is 2.54. The smallest absolute Gasteiger partial charge is 0.271 e. The van der Waals surface area contributed by atoms with Gasteiger partial charge in [0.15, 0.2) is 10.7 Å². The van der Waals surface area contributed by atoms with Crippen LogP contribution in [0, 0.1) is 0 Å². The Bertz CT molecular complexity index is 1540. The van der Waals surface area contributed by atoms with Gasteiger partial charge in [-0.25, -0.2) is 4.99 Å². The zero-order valence-corrected chi connectivity index (χ0v) is 22.9. The molecule has 0 aliphatic carbocycles. The second-order valence-electron chi connectivity index (χ2n) is 9.08. The maximum Gasteiger partial charge on any atom is 0.271 e. The normalized spacial score (nSPS) is 17.8. The van der Waals surface area contributed by atoms with E-state index in [1.165, 1.54) is 11.3 Å². The van der Waals surface area contributed by atoms with Crippen molar-refractivity contribution in [2.24, 2.45) is 4.99 Å². The molecule has 1 saturated heterocycles. The first kappa shape index (κ1) is 26.0. The number of furan rings is 1. The minimum absolute atomic E-state index is 0.136. The second kappa shape index (κ2) is 11.0. The van der Waals surface area contributed by atoms with Crippen molar-refractivity contribution in [2.75, 3.05) is 51.4 Å². The Labute approximate surface area is 224 Å². The molecule has 5 rings (SSSR count). The number of amides is 1. The Kier molecular flexibility index (Phi) is 7.53. The van der Waals surface area contributed by atoms with Crippen LogP contribution in [0.2, 0.25) is 0 Å². The molecule has 3 aromatic rings. The summed E-state index contributed by atoms with van der Waals surface area (Å²) in [5.41, 5.74) is 1.58. The third kappa shape index (κ3) is 4.69. The van der Waals surface area contributed by atoms with Gasteiger partial charge in [0, 0.05) is 43.9 Å². The summed E-state index contributed by atoms with van der Waals surface area (Å²) in [6, 6.07) is 10.6. The van der Waals surface area contributed by atoms with Gasteiger partial charge in [0.05, 0.1) is 36.1 Å². The van der Waals surface area contributed by atoms with Gasteiger partial charge in [-0.2, -0.15) is 0 Å². The molecule has 1 atom stereocenters. The van der Waals surface area contributed by atoms with Gasteiger partial charge in [0.25, 0.3) is 11.5 Å². The number of fused-ring (bicyclic) bond motifs is 1. The molecule has 9 nitrogen and oxygen atoms in total. The number of benzene rings is 1. The fourth-order valence-corrected chi connectivity index (χ4v) is 5.99. The van der Waals surface area contributed by atoms with Crippen molar-refractivity contribution < 1.29 is 18.7 Å². The highest BCUT2D eigenvalue weighted by Crippen LogP contribution is 2.36. The molecule has 10 heteroatoms. The highest BCUT2D eigenvalue weighted by Gasteiger charge is 2.35. The largest absolute Gasteiger partial charge is 0.496 e. The van der Waals surface area contributed by atoms with E-state index in [4.69, 9.17) is 18.9 Å². The maximum absolute atomic E-state index is 13.9. The summed E-state index contributed by atoms with van der Waals surface area (Å²) in [5, 5.41) is 0. The number of hydrogen-bond acceptors (Lipinski definition) is 8. The summed E-state index contributed by atoms with van der Waals surface area (Å²) < 4.78 is 19.2. The number of carbonyl (C=O) groups excluding carboxylic acids is 1. The van der Waals surface area contributed by atoms with Crippen LogP contribution in [0.3, 0.4) is 0 Å². The van der Waals surface area contributed by atoms with Crippen molar-refractivity contribution >= 4 is 29.2 Å². The number of nitrogens with zero attached hydrogens (tertiary/aromatic N) is 4. The third-order valence-corrected chi connectivity index (χ3v) is 7.93. The van der Waals surface area contributed by atoms with E-state index in [2.05, 4.69) is 4.90 Å². The Hall–Kier alpha value is -3.63. The molecule has 1 fully saturated rings. The SMILES string of the molecule is CCN(CC)C(=O)C1=C(C)N=c2s/c(=C/c3ccc(N4CCOCC4)o3)c(=O)n2[C@@H]1c1ccccc1OC. The van der Waals surface area contributed by atoms with Crippen LogP contribution in [0.4, 0.5) is 5.88 Å². The number of hydrogen-bond donors (Lipinski definition) is 0. The van der Waals surface area contributed by atoms with Gasteiger partial charge in [0.2, 0.25) is 0 Å². The Morgan fingerprint density at radius 1 is 1.18 bits per heavy atom. The van der Waals surface area contributed by atoms with Crippen molar-refractivity contribution in [3.63, 3.8) is 0 Å². The molecule has 2 aliphatic rings. The maximum atomic E-state index is 13.9. The number of methoxy groups -OCH3 is 1. The van der Waals surface area contributed by atoms with Gasteiger partial charge in [-0.15, -0.1) is 0 Å². The van der Waals surface area contributed by atoms with Crippen LogP contribution in [-0.2, 0) is 9.53 Å². The van der Waals surface area contributed by atoms with Crippen LogP contribution in [0.25, 0.3) is 6.08 Å². The molecule has 0 N–H and O–H groups in total. The van der Waals surface area contributed by atoms with Gasteiger partial charge < -0.3 is 23.7 Å². The predicted molar refractivity (Wildman–Crippen MR) is 146 cm³/mol. The number of para-hydroxylation sites is 1. The second-order valence-corrected chi connectivity index (χ2v) is 10.1. The molecule has 1 amide bonds. The van der Waals surface area contributed by atoms with Gasteiger partial charge in [0.1, 0.15) is 17.6 Å². The summed E-state index contributed by atoms with van der Waals surface area (Å²) in [6.45, 7) is 9.66. The van der Waals surface area contributed by atoms with Crippen LogP contribution >= 0.6 is 11.3 Å². The number of morpholine rings is 1. The Morgan fingerprint density at radius 2 is 1.92 bits per heavy atom. The lowest BCUT2D eigenvalue weighted by molar-refractivity contribution is -0.127. The fraction of sp³-hybridized carbons (Fsp3) is 0.393. The molecule has 0 bridgehead atoms. The van der Waals surface area contributed by atoms with Gasteiger partial charge in [-0.1, -0.05) is 29.5 Å². The van der Waals surface area contributed by atoms with Crippen molar-refractivity contribution in [3.05, 3.63) is 78.7 Å². The van der Waals surface area contributed by atoms with Crippen molar-refractivity contribution in [2.45, 2.75) is 26.8 Å². The molecule has 0 unspecified atom stereocenters. The van der Waals surface area contributed by atoms with E-state index in [-0.39, 0.29) is 11.5 Å². The first-order chi connectivity index (χ1) is 18.5. The molecule has 2 aliphatic heterocycles. The molecular weight excluding hydrogens is 504 g/mol. The monoisotopic (exact) mass is 536 g/mol. The number of ether oxygens (including phenoxy) is 2. The lowest BCUT2D eigenvalue weighted by Gasteiger charge is -2.29. The molecular formula is C28H32N4O5S. The highest BCUT2D eigenvalue weighted by atomic mass is 32.1. The van der Waals surface area contributed by atoms with E-state index >= 15 is 0 Å². The van der Waals surface area contributed by atoms with Crippen molar-refractivity contribution in [3.8, 4) is 5.75 Å². The zero-order valence-electron chi connectivity index (χ0n) is 22.1. The Balaban J connectivity index is 1.65. The van der Waals surface area contributed by atoms with Gasteiger partial charge in [-0.3, -0.25) is 14.2 Å². The van der Waals surface area contributed by atoms with Gasteiger partial charge >= 0.3 is 0 Å². The summed E-state index contributed by atoms with van der Waals surface area (Å²) in [7, 11) is 1.59. The van der Waals surface area contributed by atoms with Gasteiger partial charge in [-0.05, 0) is 32.9 Å².